The largest absolute Gasteiger partial charge is 0.478 e. The second-order valence-electron chi connectivity index (χ2n) is 4.62. The topological polar surface area (TPSA) is 49.8 Å². The maximum absolute atomic E-state index is 10.7. The average molecular weight is 298 g/mol. The van der Waals surface area contributed by atoms with Crippen LogP contribution in [0, 0.1) is 0 Å². The van der Waals surface area contributed by atoms with Crippen molar-refractivity contribution in [3.05, 3.63) is 34.9 Å². The first-order valence-electron chi connectivity index (χ1n) is 6.42. The molecule has 0 radical (unpaired) electrons. The molecule has 20 heavy (non-hydrogen) atoms. The van der Waals surface area contributed by atoms with Gasteiger partial charge in [-0.25, -0.2) is 4.79 Å². The van der Waals surface area contributed by atoms with Crippen LogP contribution >= 0.6 is 11.6 Å². The normalized spacial score (nSPS) is 11.2. The first-order valence-corrected chi connectivity index (χ1v) is 6.80. The Labute approximate surface area is 124 Å². The number of carboxylic acids is 1. The zero-order valence-electron chi connectivity index (χ0n) is 12.0. The van der Waals surface area contributed by atoms with Crippen LogP contribution in [0.3, 0.4) is 0 Å². The van der Waals surface area contributed by atoms with Crippen molar-refractivity contribution in [3.8, 4) is 0 Å². The van der Waals surface area contributed by atoms with E-state index < -0.39 is 5.97 Å². The minimum absolute atomic E-state index is 0.251. The van der Waals surface area contributed by atoms with E-state index in [1.54, 1.807) is 13.2 Å². The van der Waals surface area contributed by atoms with E-state index in [1.807, 2.05) is 12.1 Å². The lowest BCUT2D eigenvalue weighted by atomic mass is 10.1. The van der Waals surface area contributed by atoms with E-state index in [0.717, 1.165) is 11.8 Å². The lowest BCUT2D eigenvalue weighted by Gasteiger charge is -2.30. The molecule has 0 unspecified atom stereocenters. The Kier molecular flexibility index (Phi) is 6.55. The molecule has 0 spiro atoms. The predicted octanol–water partition coefficient (Wildman–Crippen LogP) is 3.30. The molecule has 0 amide bonds. The van der Waals surface area contributed by atoms with E-state index in [4.69, 9.17) is 21.4 Å². The number of methoxy groups -OCH3 is 1. The maximum atomic E-state index is 10.7. The molecule has 0 aliphatic rings. The van der Waals surface area contributed by atoms with Crippen LogP contribution in [0.2, 0.25) is 5.02 Å². The lowest BCUT2D eigenvalue weighted by Crippen LogP contribution is -2.34. The monoisotopic (exact) mass is 297 g/mol. The number of aliphatic carboxylic acids is 1. The molecule has 0 aliphatic carbocycles. The Balaban J connectivity index is 3.19. The highest BCUT2D eigenvalue weighted by Crippen LogP contribution is 2.30. The molecule has 110 valence electrons. The van der Waals surface area contributed by atoms with Gasteiger partial charge in [-0.05, 0) is 32.1 Å². The standard InChI is InChI=1S/C15H20ClNO3/c1-11(2)17(9-10-20-3)14-6-4-5-13(16)12(14)7-8-15(18)19/h4-8,11H,9-10H2,1-3H3,(H,18,19)/b8-7+. The highest BCUT2D eigenvalue weighted by atomic mass is 35.5. The smallest absolute Gasteiger partial charge is 0.328 e. The first kappa shape index (κ1) is 16.5. The fraction of sp³-hybridized carbons (Fsp3) is 0.400. The molecule has 1 aromatic carbocycles. The summed E-state index contributed by atoms with van der Waals surface area (Å²) < 4.78 is 5.13. The Morgan fingerprint density at radius 1 is 1.50 bits per heavy atom. The molecule has 0 fully saturated rings. The fourth-order valence-corrected chi connectivity index (χ4v) is 2.17. The Morgan fingerprint density at radius 2 is 2.20 bits per heavy atom. The van der Waals surface area contributed by atoms with Crippen molar-refractivity contribution in [3.63, 3.8) is 0 Å². The summed E-state index contributed by atoms with van der Waals surface area (Å²) in [5.41, 5.74) is 1.61. The van der Waals surface area contributed by atoms with Crippen LogP contribution in [0.5, 0.6) is 0 Å². The van der Waals surface area contributed by atoms with Gasteiger partial charge >= 0.3 is 5.97 Å². The SMILES string of the molecule is COCCN(c1cccc(Cl)c1/C=C/C(=O)O)C(C)C. The summed E-state index contributed by atoms with van der Waals surface area (Å²) in [6, 6.07) is 5.79. The molecule has 0 aromatic heterocycles. The highest BCUT2D eigenvalue weighted by molar-refractivity contribution is 6.32. The Hall–Kier alpha value is -1.52. The number of carbonyl (C=O) groups is 1. The van der Waals surface area contributed by atoms with Crippen molar-refractivity contribution in [2.45, 2.75) is 19.9 Å². The summed E-state index contributed by atoms with van der Waals surface area (Å²) >= 11 is 6.19. The number of ether oxygens (including phenoxy) is 1. The van der Waals surface area contributed by atoms with E-state index in [9.17, 15) is 4.79 Å². The summed E-state index contributed by atoms with van der Waals surface area (Å²) in [6.45, 7) is 5.44. The molecular weight excluding hydrogens is 278 g/mol. The number of rotatable bonds is 7. The van der Waals surface area contributed by atoms with Crippen molar-refractivity contribution >= 4 is 29.3 Å². The number of carboxylic acid groups (broad SMARTS) is 1. The van der Waals surface area contributed by atoms with Crippen LogP contribution in [0.25, 0.3) is 6.08 Å². The second kappa shape index (κ2) is 7.92. The van der Waals surface area contributed by atoms with E-state index in [2.05, 4.69) is 18.7 Å². The minimum Gasteiger partial charge on any atom is -0.478 e. The number of nitrogens with zero attached hydrogens (tertiary/aromatic N) is 1. The van der Waals surface area contributed by atoms with Crippen molar-refractivity contribution in [2.24, 2.45) is 0 Å². The maximum Gasteiger partial charge on any atom is 0.328 e. The van der Waals surface area contributed by atoms with Crippen molar-refractivity contribution in [2.75, 3.05) is 25.2 Å². The molecule has 1 N–H and O–H groups in total. The second-order valence-corrected chi connectivity index (χ2v) is 5.03. The van der Waals surface area contributed by atoms with Crippen LogP contribution in [0.4, 0.5) is 5.69 Å². The lowest BCUT2D eigenvalue weighted by molar-refractivity contribution is -0.131. The van der Waals surface area contributed by atoms with Crippen molar-refractivity contribution < 1.29 is 14.6 Å². The van der Waals surface area contributed by atoms with Gasteiger partial charge < -0.3 is 14.7 Å². The average Bonchev–Trinajstić information content (AvgIpc) is 2.37. The molecule has 0 saturated heterocycles. The molecule has 5 heteroatoms. The Morgan fingerprint density at radius 3 is 2.75 bits per heavy atom. The molecule has 4 nitrogen and oxygen atoms in total. The summed E-state index contributed by atoms with van der Waals surface area (Å²) in [7, 11) is 1.65. The quantitative estimate of drug-likeness (QED) is 0.785. The molecule has 0 saturated carbocycles. The molecule has 0 bridgehead atoms. The van der Waals surface area contributed by atoms with Crippen LogP contribution in [0.15, 0.2) is 24.3 Å². The molecule has 0 atom stereocenters. The van der Waals surface area contributed by atoms with E-state index in [1.165, 1.54) is 6.08 Å². The van der Waals surface area contributed by atoms with Crippen LogP contribution < -0.4 is 4.90 Å². The van der Waals surface area contributed by atoms with Gasteiger partial charge in [-0.15, -0.1) is 0 Å². The van der Waals surface area contributed by atoms with Gasteiger partial charge in [0.1, 0.15) is 0 Å². The molecule has 0 heterocycles. The van der Waals surface area contributed by atoms with Gasteiger partial charge in [-0.1, -0.05) is 17.7 Å². The van der Waals surface area contributed by atoms with Gasteiger partial charge in [0, 0.05) is 42.0 Å². The third kappa shape index (κ3) is 4.54. The van der Waals surface area contributed by atoms with Gasteiger partial charge in [-0.3, -0.25) is 0 Å². The third-order valence-electron chi connectivity index (χ3n) is 2.89. The van der Waals surface area contributed by atoms with Gasteiger partial charge in [0.25, 0.3) is 0 Å². The van der Waals surface area contributed by atoms with Gasteiger partial charge in [0.05, 0.1) is 6.61 Å². The number of hydrogen-bond donors (Lipinski definition) is 1. The van der Waals surface area contributed by atoms with E-state index >= 15 is 0 Å². The number of halogens is 1. The summed E-state index contributed by atoms with van der Waals surface area (Å²) in [4.78, 5) is 12.8. The van der Waals surface area contributed by atoms with E-state index in [-0.39, 0.29) is 6.04 Å². The first-order chi connectivity index (χ1) is 9.47. The Bertz CT molecular complexity index is 486. The molecule has 1 aromatic rings. The van der Waals surface area contributed by atoms with Gasteiger partial charge in [0.2, 0.25) is 0 Å². The number of anilines is 1. The molecule has 0 aliphatic heterocycles. The zero-order chi connectivity index (χ0) is 15.1. The number of hydrogen-bond acceptors (Lipinski definition) is 3. The summed E-state index contributed by atoms with van der Waals surface area (Å²) in [6.07, 6.45) is 2.63. The van der Waals surface area contributed by atoms with Crippen molar-refractivity contribution in [1.82, 2.24) is 0 Å². The van der Waals surface area contributed by atoms with Crippen molar-refractivity contribution in [1.29, 1.82) is 0 Å². The summed E-state index contributed by atoms with van der Waals surface area (Å²) in [5.74, 6) is -0.996. The van der Waals surface area contributed by atoms with Gasteiger partial charge in [0.15, 0.2) is 0 Å². The number of benzene rings is 1. The zero-order valence-corrected chi connectivity index (χ0v) is 12.7. The van der Waals surface area contributed by atoms with Gasteiger partial charge in [-0.2, -0.15) is 0 Å². The van der Waals surface area contributed by atoms with Crippen LogP contribution in [0.1, 0.15) is 19.4 Å². The van der Waals surface area contributed by atoms with E-state index in [0.29, 0.717) is 23.7 Å². The van der Waals surface area contributed by atoms with Crippen LogP contribution in [-0.2, 0) is 9.53 Å². The third-order valence-corrected chi connectivity index (χ3v) is 3.22. The highest BCUT2D eigenvalue weighted by Gasteiger charge is 2.15. The predicted molar refractivity (Wildman–Crippen MR) is 82.5 cm³/mol. The summed E-state index contributed by atoms with van der Waals surface area (Å²) in [5, 5.41) is 9.31. The molecule has 1 rings (SSSR count). The fourth-order valence-electron chi connectivity index (χ4n) is 1.94. The minimum atomic E-state index is -0.996. The molecular formula is C15H20ClNO3. The van der Waals surface area contributed by atoms with Crippen LogP contribution in [-0.4, -0.2) is 37.4 Å².